The van der Waals surface area contributed by atoms with Crippen LogP contribution >= 0.6 is 0 Å². The number of nitrogens with zero attached hydrogens (tertiary/aromatic N) is 1. The zero-order valence-corrected chi connectivity index (χ0v) is 23.9. The van der Waals surface area contributed by atoms with E-state index in [9.17, 15) is 29.7 Å². The zero-order valence-electron chi connectivity index (χ0n) is 23.9. The second kappa shape index (κ2) is 21.1. The first-order valence-electron chi connectivity index (χ1n) is 14.8. The van der Waals surface area contributed by atoms with E-state index in [0.29, 0.717) is 25.8 Å². The van der Waals surface area contributed by atoms with Gasteiger partial charge in [-0.3, -0.25) is 9.59 Å². The highest BCUT2D eigenvalue weighted by Crippen LogP contribution is 2.25. The van der Waals surface area contributed by atoms with Crippen LogP contribution in [0.5, 0.6) is 0 Å². The molecule has 0 saturated heterocycles. The van der Waals surface area contributed by atoms with E-state index in [2.05, 4.69) is 6.58 Å². The van der Waals surface area contributed by atoms with E-state index in [-0.39, 0.29) is 24.1 Å². The molecule has 0 rings (SSSR count). The Morgan fingerprint density at radius 1 is 0.676 bits per heavy atom. The van der Waals surface area contributed by atoms with Gasteiger partial charge in [0.25, 0.3) is 0 Å². The van der Waals surface area contributed by atoms with Crippen molar-refractivity contribution in [1.29, 1.82) is 0 Å². The number of quaternary nitrogens is 1. The molecule has 0 radical (unpaired) electrons. The highest BCUT2D eigenvalue weighted by molar-refractivity contribution is 5.70. The summed E-state index contributed by atoms with van der Waals surface area (Å²) in [6, 6.07) is 0. The molecule has 0 bridgehead atoms. The Morgan fingerprint density at radius 2 is 1.03 bits per heavy atom. The van der Waals surface area contributed by atoms with Crippen LogP contribution in [0.4, 0.5) is 0 Å². The van der Waals surface area contributed by atoms with Crippen molar-refractivity contribution in [2.24, 2.45) is 17.8 Å². The van der Waals surface area contributed by atoms with Crippen molar-refractivity contribution in [3.63, 3.8) is 0 Å². The number of unbranched alkanes of at least 4 members (excludes halogenated alkanes) is 11. The maximum atomic E-state index is 11.9. The van der Waals surface area contributed by atoms with Crippen molar-refractivity contribution in [2.75, 3.05) is 26.2 Å². The fourth-order valence-corrected chi connectivity index (χ4v) is 5.36. The van der Waals surface area contributed by atoms with Gasteiger partial charge in [-0.05, 0) is 44.9 Å². The van der Waals surface area contributed by atoms with Crippen molar-refractivity contribution in [1.82, 2.24) is 0 Å². The van der Waals surface area contributed by atoms with Crippen LogP contribution < -0.4 is 5.11 Å². The van der Waals surface area contributed by atoms with Gasteiger partial charge in [0.2, 0.25) is 0 Å². The van der Waals surface area contributed by atoms with Crippen LogP contribution in [-0.4, -0.2) is 58.8 Å². The second-order valence-electron chi connectivity index (χ2n) is 10.9. The van der Waals surface area contributed by atoms with Crippen LogP contribution in [0.3, 0.4) is 0 Å². The summed E-state index contributed by atoms with van der Waals surface area (Å²) in [5.41, 5.74) is 0. The largest absolute Gasteiger partial charge is 0.550 e. The van der Waals surface area contributed by atoms with E-state index in [1.54, 1.807) is 6.92 Å². The molecule has 0 saturated carbocycles. The van der Waals surface area contributed by atoms with Crippen LogP contribution in [0, 0.1) is 17.8 Å². The Hall–Kier alpha value is -1.89. The summed E-state index contributed by atoms with van der Waals surface area (Å²) in [6.07, 6.45) is 17.2. The summed E-state index contributed by atoms with van der Waals surface area (Å²) >= 11 is 0. The van der Waals surface area contributed by atoms with E-state index < -0.39 is 35.7 Å². The summed E-state index contributed by atoms with van der Waals surface area (Å²) in [5, 5.41) is 31.3. The summed E-state index contributed by atoms with van der Waals surface area (Å²) in [5.74, 6) is -4.96. The van der Waals surface area contributed by atoms with Gasteiger partial charge in [0.05, 0.1) is 32.1 Å². The first-order chi connectivity index (χ1) is 17.7. The Balaban J connectivity index is 5.09. The number of aliphatic carboxylic acids is 3. The number of carboxylic acid groups (broad SMARTS) is 3. The van der Waals surface area contributed by atoms with Gasteiger partial charge in [-0.2, -0.15) is 0 Å². The zero-order chi connectivity index (χ0) is 28.1. The molecule has 7 nitrogen and oxygen atoms in total. The number of rotatable bonds is 26. The third-order valence-electron chi connectivity index (χ3n) is 7.87. The highest BCUT2D eigenvalue weighted by Gasteiger charge is 2.39. The Bertz CT molecular complexity index is 590. The summed E-state index contributed by atoms with van der Waals surface area (Å²) in [4.78, 5) is 35.7. The molecule has 0 aromatic rings. The Morgan fingerprint density at radius 3 is 1.35 bits per heavy atom. The van der Waals surface area contributed by atoms with Crippen LogP contribution in [0.2, 0.25) is 0 Å². The monoisotopic (exact) mass is 525 g/mol. The minimum absolute atomic E-state index is 0.216. The van der Waals surface area contributed by atoms with Gasteiger partial charge >= 0.3 is 11.9 Å². The van der Waals surface area contributed by atoms with Gasteiger partial charge < -0.3 is 24.6 Å². The Kier molecular flexibility index (Phi) is 20.0. The third kappa shape index (κ3) is 15.8. The predicted octanol–water partition coefficient (Wildman–Crippen LogP) is 5.67. The molecule has 2 N–H and O–H groups in total. The van der Waals surface area contributed by atoms with Gasteiger partial charge in [0.1, 0.15) is 11.8 Å². The molecule has 0 amide bonds. The van der Waals surface area contributed by atoms with Gasteiger partial charge in [0, 0.05) is 5.92 Å². The van der Waals surface area contributed by atoms with Crippen LogP contribution in [0.15, 0.2) is 12.7 Å². The first kappa shape index (κ1) is 35.1. The number of allylic oxidation sites excluding steroid dienone is 1. The van der Waals surface area contributed by atoms with E-state index in [1.165, 1.54) is 44.9 Å². The van der Waals surface area contributed by atoms with Gasteiger partial charge in [0.15, 0.2) is 0 Å². The molecule has 0 fully saturated rings. The van der Waals surface area contributed by atoms with Crippen molar-refractivity contribution in [2.45, 2.75) is 117 Å². The number of carboxylic acids is 3. The van der Waals surface area contributed by atoms with Gasteiger partial charge in [-0.1, -0.05) is 78.2 Å². The number of hydrogen-bond donors (Lipinski definition) is 2. The topological polar surface area (TPSA) is 115 Å². The lowest BCUT2D eigenvalue weighted by atomic mass is 9.95. The highest BCUT2D eigenvalue weighted by atomic mass is 16.4. The molecule has 0 aromatic carbocycles. The SMILES string of the molecule is C=CCCCCCCCCCCCCC[N+](CC(CC)C(=O)[O-])(CC(CC)C(=O)O)CC(CC)C(=O)O. The molecule has 3 unspecified atom stereocenters. The van der Waals surface area contributed by atoms with Crippen molar-refractivity contribution < 1.29 is 34.2 Å². The summed E-state index contributed by atoms with van der Waals surface area (Å²) in [6.45, 7) is 10.5. The fraction of sp³-hybridized carbons (Fsp3) is 0.833. The molecule has 0 heterocycles. The van der Waals surface area contributed by atoms with E-state index >= 15 is 0 Å². The molecule has 7 heteroatoms. The van der Waals surface area contributed by atoms with E-state index in [0.717, 1.165) is 32.1 Å². The molecule has 0 aliphatic carbocycles. The predicted molar refractivity (Wildman–Crippen MR) is 147 cm³/mol. The number of carbonyl (C=O) groups is 3. The fourth-order valence-electron chi connectivity index (χ4n) is 5.36. The molecule has 0 aliphatic heterocycles. The van der Waals surface area contributed by atoms with Gasteiger partial charge in [-0.25, -0.2) is 0 Å². The third-order valence-corrected chi connectivity index (χ3v) is 7.87. The van der Waals surface area contributed by atoms with Gasteiger partial charge in [-0.15, -0.1) is 6.58 Å². The average Bonchev–Trinajstić information content (AvgIpc) is 2.86. The average molecular weight is 526 g/mol. The summed E-state index contributed by atoms with van der Waals surface area (Å²) < 4.78 is 0.216. The molecule has 0 aliphatic rings. The molecule has 37 heavy (non-hydrogen) atoms. The van der Waals surface area contributed by atoms with Crippen molar-refractivity contribution in [3.05, 3.63) is 12.7 Å². The Labute approximate surface area is 225 Å². The maximum absolute atomic E-state index is 11.9. The van der Waals surface area contributed by atoms with E-state index in [4.69, 9.17) is 0 Å². The minimum atomic E-state index is -1.14. The number of hydrogen-bond acceptors (Lipinski definition) is 4. The molecular weight excluding hydrogens is 470 g/mol. The molecule has 0 spiro atoms. The van der Waals surface area contributed by atoms with Crippen LogP contribution in [-0.2, 0) is 14.4 Å². The lowest BCUT2D eigenvalue weighted by Crippen LogP contribution is -2.59. The van der Waals surface area contributed by atoms with Crippen molar-refractivity contribution in [3.8, 4) is 0 Å². The standard InChI is InChI=1S/C30H55NO6/c1-5-9-10-11-12-13-14-15-16-17-18-19-20-21-31(22-25(6-2)28(32)33,23-26(7-3)29(34)35)24-27(8-4)30(36)37/h5,25-27H,1,6-24H2,2-4H3,(H2-,32,33,34,35,36,37). The summed E-state index contributed by atoms with van der Waals surface area (Å²) in [7, 11) is 0. The number of carbonyl (C=O) groups excluding carboxylic acids is 1. The second-order valence-corrected chi connectivity index (χ2v) is 10.9. The van der Waals surface area contributed by atoms with Crippen LogP contribution in [0.1, 0.15) is 117 Å². The molecule has 216 valence electrons. The maximum Gasteiger partial charge on any atom is 0.312 e. The lowest BCUT2D eigenvalue weighted by Gasteiger charge is -2.44. The normalized spacial score (nSPS) is 15.4. The smallest absolute Gasteiger partial charge is 0.312 e. The van der Waals surface area contributed by atoms with Crippen LogP contribution in [0.25, 0.3) is 0 Å². The quantitative estimate of drug-likeness (QED) is 0.0854. The first-order valence-corrected chi connectivity index (χ1v) is 14.8. The molecular formula is C30H55NO6. The van der Waals surface area contributed by atoms with Crippen molar-refractivity contribution >= 4 is 17.9 Å². The minimum Gasteiger partial charge on any atom is -0.550 e. The lowest BCUT2D eigenvalue weighted by molar-refractivity contribution is -0.935. The molecule has 0 aromatic heterocycles. The molecule has 3 atom stereocenters. The van der Waals surface area contributed by atoms with E-state index in [1.807, 2.05) is 19.9 Å².